The van der Waals surface area contributed by atoms with Crippen LogP contribution in [0.1, 0.15) is 22.6 Å². The van der Waals surface area contributed by atoms with Crippen LogP contribution in [0.15, 0.2) is 53.2 Å². The van der Waals surface area contributed by atoms with Gasteiger partial charge in [0.15, 0.2) is 0 Å². The van der Waals surface area contributed by atoms with Crippen LogP contribution in [0.25, 0.3) is 22.6 Å². The second-order valence-corrected chi connectivity index (χ2v) is 6.34. The fourth-order valence-electron chi connectivity index (χ4n) is 3.20. The zero-order valence-corrected chi connectivity index (χ0v) is 14.1. The largest absolute Gasteiger partial charge is 0.376 e. The number of para-hydroxylation sites is 2. The third-order valence-corrected chi connectivity index (χ3v) is 4.55. The molecule has 0 aliphatic carbocycles. The summed E-state index contributed by atoms with van der Waals surface area (Å²) in [5.41, 5.74) is 6.00. The summed E-state index contributed by atoms with van der Waals surface area (Å²) < 4.78 is 11.0. The number of nitrogens with zero attached hydrogens (tertiary/aromatic N) is 4. The molecule has 0 saturated heterocycles. The average molecular weight is 344 g/mol. The van der Waals surface area contributed by atoms with Crippen molar-refractivity contribution in [3.8, 4) is 11.5 Å². The quantitative estimate of drug-likeness (QED) is 0.567. The summed E-state index contributed by atoms with van der Waals surface area (Å²) in [4.78, 5) is 13.4. The molecule has 1 aliphatic heterocycles. The average Bonchev–Trinajstić information content (AvgIpc) is 3.16. The molecule has 0 amide bonds. The van der Waals surface area contributed by atoms with Gasteiger partial charge in [-0.1, -0.05) is 35.5 Å². The number of hydrogen-bond donors (Lipinski definition) is 0. The van der Waals surface area contributed by atoms with E-state index in [1.807, 2.05) is 24.3 Å². The van der Waals surface area contributed by atoms with Crippen LogP contribution < -0.4 is 0 Å². The highest BCUT2D eigenvalue weighted by Gasteiger charge is 2.14. The normalized spacial score (nSPS) is 13.7. The predicted octanol–water partition coefficient (Wildman–Crippen LogP) is 3.34. The SMILES string of the molecule is c1ccc2nc(-c3noc(Cc4ccc5c(c4)COCC5)n3)cnc2c1. The lowest BCUT2D eigenvalue weighted by Gasteiger charge is -2.16. The van der Waals surface area contributed by atoms with Crippen LogP contribution in [0.2, 0.25) is 0 Å². The molecule has 0 saturated carbocycles. The van der Waals surface area contributed by atoms with Crippen LogP contribution in [0.3, 0.4) is 0 Å². The van der Waals surface area contributed by atoms with E-state index in [9.17, 15) is 0 Å². The van der Waals surface area contributed by atoms with E-state index in [0.29, 0.717) is 30.4 Å². The first-order valence-corrected chi connectivity index (χ1v) is 8.58. The van der Waals surface area contributed by atoms with Crippen molar-refractivity contribution in [1.29, 1.82) is 0 Å². The van der Waals surface area contributed by atoms with Crippen molar-refractivity contribution in [3.63, 3.8) is 0 Å². The minimum atomic E-state index is 0.458. The number of benzene rings is 2. The van der Waals surface area contributed by atoms with Gasteiger partial charge in [-0.3, -0.25) is 4.98 Å². The lowest BCUT2D eigenvalue weighted by molar-refractivity contribution is 0.110. The molecule has 26 heavy (non-hydrogen) atoms. The van der Waals surface area contributed by atoms with Gasteiger partial charge in [0.25, 0.3) is 0 Å². The number of hydrogen-bond acceptors (Lipinski definition) is 6. The minimum absolute atomic E-state index is 0.458. The van der Waals surface area contributed by atoms with Gasteiger partial charge in [-0.05, 0) is 35.2 Å². The molecule has 0 spiro atoms. The Morgan fingerprint density at radius 1 is 0.962 bits per heavy atom. The van der Waals surface area contributed by atoms with Gasteiger partial charge in [0, 0.05) is 0 Å². The summed E-state index contributed by atoms with van der Waals surface area (Å²) in [7, 11) is 0. The Labute approximate surface area is 149 Å². The first-order chi connectivity index (χ1) is 12.8. The van der Waals surface area contributed by atoms with Crippen molar-refractivity contribution in [2.24, 2.45) is 0 Å². The van der Waals surface area contributed by atoms with Crippen molar-refractivity contribution in [2.45, 2.75) is 19.4 Å². The Hall–Kier alpha value is -3.12. The van der Waals surface area contributed by atoms with Crippen LogP contribution in [0, 0.1) is 0 Å². The maximum absolute atomic E-state index is 5.53. The van der Waals surface area contributed by atoms with E-state index in [1.54, 1.807) is 6.20 Å². The molecular formula is C20H16N4O2. The summed E-state index contributed by atoms with van der Waals surface area (Å²) in [5, 5.41) is 4.06. The molecule has 2 aromatic heterocycles. The minimum Gasteiger partial charge on any atom is -0.376 e. The lowest BCUT2D eigenvalue weighted by atomic mass is 9.99. The monoisotopic (exact) mass is 344 g/mol. The fraction of sp³-hybridized carbons (Fsp3) is 0.200. The van der Waals surface area contributed by atoms with Crippen LogP contribution >= 0.6 is 0 Å². The van der Waals surface area contributed by atoms with E-state index < -0.39 is 0 Å². The smallest absolute Gasteiger partial charge is 0.231 e. The lowest BCUT2D eigenvalue weighted by Crippen LogP contribution is -2.10. The highest BCUT2D eigenvalue weighted by molar-refractivity contribution is 5.75. The maximum Gasteiger partial charge on any atom is 0.231 e. The number of fused-ring (bicyclic) bond motifs is 2. The van der Waals surface area contributed by atoms with E-state index in [0.717, 1.165) is 29.6 Å². The highest BCUT2D eigenvalue weighted by Crippen LogP contribution is 2.21. The van der Waals surface area contributed by atoms with Gasteiger partial charge in [-0.2, -0.15) is 4.98 Å². The van der Waals surface area contributed by atoms with Crippen molar-refractivity contribution in [3.05, 3.63) is 71.2 Å². The van der Waals surface area contributed by atoms with E-state index in [4.69, 9.17) is 9.26 Å². The molecule has 4 aromatic rings. The summed E-state index contributed by atoms with van der Waals surface area (Å²) in [6.07, 6.45) is 3.23. The molecule has 0 bridgehead atoms. The van der Waals surface area contributed by atoms with Gasteiger partial charge in [-0.25, -0.2) is 4.98 Å². The van der Waals surface area contributed by atoms with Gasteiger partial charge in [0.05, 0.1) is 36.9 Å². The summed E-state index contributed by atoms with van der Waals surface area (Å²) in [6, 6.07) is 14.2. The van der Waals surface area contributed by atoms with E-state index in [-0.39, 0.29) is 0 Å². The van der Waals surface area contributed by atoms with Gasteiger partial charge >= 0.3 is 0 Å². The van der Waals surface area contributed by atoms with E-state index in [2.05, 4.69) is 38.3 Å². The zero-order valence-electron chi connectivity index (χ0n) is 14.1. The molecule has 128 valence electrons. The molecule has 3 heterocycles. The molecule has 5 rings (SSSR count). The van der Waals surface area contributed by atoms with Crippen LogP contribution in [-0.4, -0.2) is 26.7 Å². The van der Waals surface area contributed by atoms with Gasteiger partial charge < -0.3 is 9.26 Å². The van der Waals surface area contributed by atoms with Gasteiger partial charge in [-0.15, -0.1) is 0 Å². The number of aromatic nitrogens is 4. The van der Waals surface area contributed by atoms with Gasteiger partial charge in [0.2, 0.25) is 11.7 Å². The van der Waals surface area contributed by atoms with Crippen molar-refractivity contribution < 1.29 is 9.26 Å². The Morgan fingerprint density at radius 3 is 2.85 bits per heavy atom. The highest BCUT2D eigenvalue weighted by atomic mass is 16.5. The van der Waals surface area contributed by atoms with Crippen molar-refractivity contribution >= 4 is 11.0 Å². The van der Waals surface area contributed by atoms with Crippen LogP contribution in [0.4, 0.5) is 0 Å². The van der Waals surface area contributed by atoms with Crippen molar-refractivity contribution in [1.82, 2.24) is 20.1 Å². The Morgan fingerprint density at radius 2 is 1.88 bits per heavy atom. The topological polar surface area (TPSA) is 73.9 Å². The van der Waals surface area contributed by atoms with Gasteiger partial charge in [0.1, 0.15) is 5.69 Å². The summed E-state index contributed by atoms with van der Waals surface area (Å²) >= 11 is 0. The molecule has 2 aromatic carbocycles. The third-order valence-electron chi connectivity index (χ3n) is 4.55. The molecule has 6 heteroatoms. The van der Waals surface area contributed by atoms with E-state index >= 15 is 0 Å². The Balaban J connectivity index is 1.41. The molecular weight excluding hydrogens is 328 g/mol. The summed E-state index contributed by atoms with van der Waals surface area (Å²) in [5.74, 6) is 1.02. The predicted molar refractivity (Wildman–Crippen MR) is 95.4 cm³/mol. The number of rotatable bonds is 3. The zero-order chi connectivity index (χ0) is 17.3. The second-order valence-electron chi connectivity index (χ2n) is 6.34. The Kier molecular flexibility index (Phi) is 3.68. The first-order valence-electron chi connectivity index (χ1n) is 8.58. The first kappa shape index (κ1) is 15.2. The fourth-order valence-corrected chi connectivity index (χ4v) is 3.20. The second kappa shape index (κ2) is 6.31. The maximum atomic E-state index is 5.53. The number of ether oxygens (including phenoxy) is 1. The molecule has 0 atom stereocenters. The van der Waals surface area contributed by atoms with E-state index in [1.165, 1.54) is 11.1 Å². The molecule has 0 fully saturated rings. The van der Waals surface area contributed by atoms with Crippen LogP contribution in [-0.2, 0) is 24.2 Å². The molecule has 0 radical (unpaired) electrons. The molecule has 1 aliphatic rings. The molecule has 0 unspecified atom stereocenters. The Bertz CT molecular complexity index is 1090. The molecule has 0 N–H and O–H groups in total. The van der Waals surface area contributed by atoms with Crippen LogP contribution in [0.5, 0.6) is 0 Å². The standard InChI is InChI=1S/C20H16N4O2/c1-2-4-17-16(3-1)21-11-18(22-17)20-23-19(26-24-20)10-13-5-6-14-7-8-25-12-15(14)9-13/h1-6,9,11H,7-8,10,12H2. The van der Waals surface area contributed by atoms with Crippen molar-refractivity contribution in [2.75, 3.05) is 6.61 Å². The third kappa shape index (κ3) is 2.84. The molecule has 6 nitrogen and oxygen atoms in total. The summed E-state index contributed by atoms with van der Waals surface area (Å²) in [6.45, 7) is 1.47.